The number of nitrogens with one attached hydrogen (secondary N) is 1. The molecule has 0 radical (unpaired) electrons. The van der Waals surface area contributed by atoms with Crippen LogP contribution in [0.4, 0.5) is 18.0 Å². The zero-order valence-electron chi connectivity index (χ0n) is 12.3. The van der Waals surface area contributed by atoms with E-state index in [1.54, 1.807) is 6.92 Å². The van der Waals surface area contributed by atoms with Gasteiger partial charge < -0.3 is 14.7 Å². The third-order valence-corrected chi connectivity index (χ3v) is 3.58. The summed E-state index contributed by atoms with van der Waals surface area (Å²) in [6.45, 7) is 2.16. The Balaban J connectivity index is 1.70. The van der Waals surface area contributed by atoms with Crippen molar-refractivity contribution in [2.75, 3.05) is 19.6 Å². The number of urea groups is 1. The zero-order valence-corrected chi connectivity index (χ0v) is 12.3. The summed E-state index contributed by atoms with van der Waals surface area (Å²) < 4.78 is 43.0. The summed E-state index contributed by atoms with van der Waals surface area (Å²) in [6.07, 6.45) is -2.67. The molecule has 124 valence electrons. The van der Waals surface area contributed by atoms with Gasteiger partial charge in [0.25, 0.3) is 0 Å². The zero-order chi connectivity index (χ0) is 16.2. The van der Waals surface area contributed by atoms with E-state index in [-0.39, 0.29) is 13.0 Å². The van der Waals surface area contributed by atoms with E-state index >= 15 is 0 Å². The van der Waals surface area contributed by atoms with E-state index in [2.05, 4.69) is 15.5 Å². The van der Waals surface area contributed by atoms with Gasteiger partial charge in [0.05, 0.1) is 5.92 Å². The molecule has 2 heterocycles. The lowest BCUT2D eigenvalue weighted by molar-refractivity contribution is -0.183. The highest BCUT2D eigenvalue weighted by Crippen LogP contribution is 2.32. The molecule has 6 nitrogen and oxygen atoms in total. The maximum absolute atomic E-state index is 12.7. The van der Waals surface area contributed by atoms with Gasteiger partial charge in [-0.05, 0) is 26.2 Å². The highest BCUT2D eigenvalue weighted by molar-refractivity contribution is 5.74. The van der Waals surface area contributed by atoms with E-state index in [1.165, 1.54) is 4.90 Å². The maximum atomic E-state index is 12.7. The van der Waals surface area contributed by atoms with Crippen molar-refractivity contribution in [3.63, 3.8) is 0 Å². The van der Waals surface area contributed by atoms with Crippen LogP contribution in [0.3, 0.4) is 0 Å². The standard InChI is InChI=1S/C13H19F3N4O2/c1-9-18-11(22-19-9)5-2-6-17-12(21)20-7-3-4-10(8-20)13(14,15)16/h10H,2-8H2,1H3,(H,17,21). The molecular weight excluding hydrogens is 301 g/mol. The van der Waals surface area contributed by atoms with E-state index < -0.39 is 18.1 Å². The fraction of sp³-hybridized carbons (Fsp3) is 0.769. The van der Waals surface area contributed by atoms with Crippen LogP contribution in [-0.2, 0) is 6.42 Å². The van der Waals surface area contributed by atoms with Crippen LogP contribution in [0.2, 0.25) is 0 Å². The molecule has 1 aliphatic rings. The Hall–Kier alpha value is -1.80. The van der Waals surface area contributed by atoms with Gasteiger partial charge >= 0.3 is 12.2 Å². The van der Waals surface area contributed by atoms with Gasteiger partial charge in [0.1, 0.15) is 0 Å². The molecule has 0 spiro atoms. The number of nitrogens with zero attached hydrogens (tertiary/aromatic N) is 3. The largest absolute Gasteiger partial charge is 0.393 e. The smallest absolute Gasteiger partial charge is 0.339 e. The molecule has 0 saturated carbocycles. The van der Waals surface area contributed by atoms with E-state index in [0.717, 1.165) is 0 Å². The van der Waals surface area contributed by atoms with E-state index in [9.17, 15) is 18.0 Å². The van der Waals surface area contributed by atoms with Gasteiger partial charge in [0, 0.05) is 26.1 Å². The first-order valence-corrected chi connectivity index (χ1v) is 7.25. The number of aromatic nitrogens is 2. The Morgan fingerprint density at radius 1 is 1.50 bits per heavy atom. The second kappa shape index (κ2) is 6.97. The highest BCUT2D eigenvalue weighted by Gasteiger charge is 2.42. The normalized spacial score (nSPS) is 19.3. The number of amides is 2. The quantitative estimate of drug-likeness (QED) is 0.864. The summed E-state index contributed by atoms with van der Waals surface area (Å²) in [7, 11) is 0. The lowest BCUT2D eigenvalue weighted by Crippen LogP contribution is -2.48. The van der Waals surface area contributed by atoms with E-state index in [0.29, 0.717) is 44.1 Å². The van der Waals surface area contributed by atoms with Gasteiger partial charge in [0.2, 0.25) is 5.89 Å². The minimum atomic E-state index is -4.24. The van der Waals surface area contributed by atoms with Crippen LogP contribution in [0.25, 0.3) is 0 Å². The van der Waals surface area contributed by atoms with Crippen LogP contribution in [0.15, 0.2) is 4.52 Å². The van der Waals surface area contributed by atoms with E-state index in [4.69, 9.17) is 4.52 Å². The number of hydrogen-bond donors (Lipinski definition) is 1. The molecule has 1 aliphatic heterocycles. The van der Waals surface area contributed by atoms with Gasteiger partial charge in [-0.25, -0.2) is 4.79 Å². The molecule has 22 heavy (non-hydrogen) atoms. The number of carbonyl (C=O) groups excluding carboxylic acids is 1. The number of carbonyl (C=O) groups is 1. The predicted molar refractivity (Wildman–Crippen MR) is 71.1 cm³/mol. The van der Waals surface area contributed by atoms with Gasteiger partial charge in [-0.15, -0.1) is 0 Å². The molecule has 1 atom stereocenters. The molecule has 0 bridgehead atoms. The average molecular weight is 320 g/mol. The Morgan fingerprint density at radius 2 is 2.27 bits per heavy atom. The third kappa shape index (κ3) is 4.60. The Morgan fingerprint density at radius 3 is 2.91 bits per heavy atom. The minimum absolute atomic E-state index is 0.0871. The fourth-order valence-electron chi connectivity index (χ4n) is 2.42. The molecule has 1 aromatic heterocycles. The number of rotatable bonds is 4. The summed E-state index contributed by atoms with van der Waals surface area (Å²) in [5.41, 5.74) is 0. The fourth-order valence-corrected chi connectivity index (χ4v) is 2.42. The Labute approximate surface area is 126 Å². The maximum Gasteiger partial charge on any atom is 0.393 e. The molecule has 9 heteroatoms. The summed E-state index contributed by atoms with van der Waals surface area (Å²) in [6, 6.07) is -0.448. The first kappa shape index (κ1) is 16.6. The second-order valence-electron chi connectivity index (χ2n) is 5.40. The third-order valence-electron chi connectivity index (χ3n) is 3.58. The van der Waals surface area contributed by atoms with E-state index in [1.807, 2.05) is 0 Å². The molecule has 1 fully saturated rings. The molecule has 1 N–H and O–H groups in total. The van der Waals surface area contributed by atoms with Crippen molar-refractivity contribution in [3.05, 3.63) is 11.7 Å². The summed E-state index contributed by atoms with van der Waals surface area (Å²) in [5, 5.41) is 6.28. The summed E-state index contributed by atoms with van der Waals surface area (Å²) >= 11 is 0. The van der Waals surface area contributed by atoms with Gasteiger partial charge in [-0.1, -0.05) is 5.16 Å². The van der Waals surface area contributed by atoms with Crippen LogP contribution in [0, 0.1) is 12.8 Å². The molecule has 1 saturated heterocycles. The molecule has 0 aliphatic carbocycles. The number of aryl methyl sites for hydroxylation is 2. The first-order chi connectivity index (χ1) is 10.4. The number of piperidine rings is 1. The molecule has 2 rings (SSSR count). The van der Waals surface area contributed by atoms with Crippen LogP contribution in [-0.4, -0.2) is 46.9 Å². The van der Waals surface area contributed by atoms with Crippen LogP contribution in [0.1, 0.15) is 31.0 Å². The number of halogens is 3. The Bertz CT molecular complexity index is 504. The van der Waals surface area contributed by atoms with Crippen molar-refractivity contribution in [3.8, 4) is 0 Å². The molecule has 2 amide bonds. The second-order valence-corrected chi connectivity index (χ2v) is 5.40. The Kier molecular flexibility index (Phi) is 5.25. The highest BCUT2D eigenvalue weighted by atomic mass is 19.4. The summed E-state index contributed by atoms with van der Waals surface area (Å²) in [4.78, 5) is 17.1. The average Bonchev–Trinajstić information content (AvgIpc) is 2.88. The molecule has 1 unspecified atom stereocenters. The number of likely N-dealkylation sites (tertiary alicyclic amines) is 1. The molecular formula is C13H19F3N4O2. The SMILES string of the molecule is Cc1noc(CCCNC(=O)N2CCCC(C(F)(F)F)C2)n1. The van der Waals surface area contributed by atoms with Crippen molar-refractivity contribution in [1.29, 1.82) is 0 Å². The van der Waals surface area contributed by atoms with Crippen molar-refractivity contribution in [1.82, 2.24) is 20.4 Å². The van der Waals surface area contributed by atoms with Crippen LogP contribution < -0.4 is 5.32 Å². The molecule has 1 aromatic rings. The van der Waals surface area contributed by atoms with Crippen molar-refractivity contribution in [2.45, 2.75) is 38.8 Å². The van der Waals surface area contributed by atoms with Crippen molar-refractivity contribution < 1.29 is 22.5 Å². The van der Waals surface area contributed by atoms with Gasteiger partial charge in [-0.2, -0.15) is 18.2 Å². The lowest BCUT2D eigenvalue weighted by atomic mass is 9.98. The summed E-state index contributed by atoms with van der Waals surface area (Å²) in [5.74, 6) is -0.388. The topological polar surface area (TPSA) is 71.3 Å². The van der Waals surface area contributed by atoms with Crippen LogP contribution in [0.5, 0.6) is 0 Å². The predicted octanol–water partition coefficient (Wildman–Crippen LogP) is 2.29. The van der Waals surface area contributed by atoms with Crippen LogP contribution >= 0.6 is 0 Å². The molecule has 0 aromatic carbocycles. The number of alkyl halides is 3. The monoisotopic (exact) mass is 320 g/mol. The first-order valence-electron chi connectivity index (χ1n) is 7.25. The van der Waals surface area contributed by atoms with Crippen molar-refractivity contribution >= 4 is 6.03 Å². The van der Waals surface area contributed by atoms with Crippen molar-refractivity contribution in [2.24, 2.45) is 5.92 Å². The van der Waals surface area contributed by atoms with Gasteiger partial charge in [-0.3, -0.25) is 0 Å². The number of hydrogen-bond acceptors (Lipinski definition) is 4. The van der Waals surface area contributed by atoms with Gasteiger partial charge in [0.15, 0.2) is 5.82 Å². The lowest BCUT2D eigenvalue weighted by Gasteiger charge is -2.33. The minimum Gasteiger partial charge on any atom is -0.339 e.